The summed E-state index contributed by atoms with van der Waals surface area (Å²) >= 11 is 0. The zero-order valence-corrected chi connectivity index (χ0v) is 16.3. The highest BCUT2D eigenvalue weighted by atomic mass is 16.6. The number of carbonyl (C=O) groups excluding carboxylic acids is 2. The molecule has 2 aliphatic rings. The zero-order chi connectivity index (χ0) is 19.2. The van der Waals surface area contributed by atoms with Crippen molar-refractivity contribution in [1.82, 2.24) is 19.7 Å². The Kier molecular flexibility index (Phi) is 6.49. The van der Waals surface area contributed by atoms with Crippen LogP contribution in [0.2, 0.25) is 0 Å². The Morgan fingerprint density at radius 1 is 0.963 bits per heavy atom. The minimum atomic E-state index is -0.310. The highest BCUT2D eigenvalue weighted by Gasteiger charge is 2.26. The van der Waals surface area contributed by atoms with E-state index in [1.54, 1.807) is 22.9 Å². The lowest BCUT2D eigenvalue weighted by Gasteiger charge is -2.35. The summed E-state index contributed by atoms with van der Waals surface area (Å²) in [6, 6.07) is 3.79. The average Bonchev–Trinajstić information content (AvgIpc) is 2.74. The fraction of sp³-hybridized carbons (Fsp3) is 0.632. The first-order valence-corrected chi connectivity index (χ1v) is 9.76. The van der Waals surface area contributed by atoms with Gasteiger partial charge in [-0.2, -0.15) is 0 Å². The Balaban J connectivity index is 1.53. The van der Waals surface area contributed by atoms with Crippen LogP contribution in [-0.2, 0) is 4.74 Å². The van der Waals surface area contributed by atoms with Gasteiger partial charge in [0.1, 0.15) is 5.69 Å². The summed E-state index contributed by atoms with van der Waals surface area (Å²) in [6.07, 6.45) is 1.49. The van der Waals surface area contributed by atoms with Crippen LogP contribution in [0.15, 0.2) is 18.3 Å². The number of likely N-dealkylation sites (N-methyl/N-ethyl adjacent to an activating group) is 1. The molecule has 0 spiro atoms. The van der Waals surface area contributed by atoms with Crippen LogP contribution in [0.3, 0.4) is 0 Å². The van der Waals surface area contributed by atoms with Crippen LogP contribution in [0.1, 0.15) is 24.3 Å². The molecule has 1 aromatic rings. The molecule has 1 aromatic heterocycles. The molecule has 3 rings (SSSR count). The Bertz CT molecular complexity index is 635. The average molecular weight is 375 g/mol. The Morgan fingerprint density at radius 3 is 2.19 bits per heavy atom. The van der Waals surface area contributed by atoms with Crippen molar-refractivity contribution in [2.75, 3.05) is 70.4 Å². The third-order valence-electron chi connectivity index (χ3n) is 5.24. The monoisotopic (exact) mass is 375 g/mol. The van der Waals surface area contributed by atoms with Gasteiger partial charge < -0.3 is 24.3 Å². The summed E-state index contributed by atoms with van der Waals surface area (Å²) < 4.78 is 5.01. The van der Waals surface area contributed by atoms with E-state index in [0.29, 0.717) is 38.5 Å². The lowest BCUT2D eigenvalue weighted by Crippen LogP contribution is -2.50. The number of aromatic nitrogens is 1. The molecular weight excluding hydrogens is 346 g/mol. The Hall–Kier alpha value is -2.35. The van der Waals surface area contributed by atoms with Gasteiger partial charge in [0, 0.05) is 52.4 Å². The maximum Gasteiger partial charge on any atom is 0.409 e. The molecule has 0 bridgehead atoms. The molecule has 0 saturated carbocycles. The molecule has 148 valence electrons. The summed E-state index contributed by atoms with van der Waals surface area (Å²) in [5, 5.41) is 0. The van der Waals surface area contributed by atoms with E-state index in [2.05, 4.69) is 21.7 Å². The van der Waals surface area contributed by atoms with Gasteiger partial charge >= 0.3 is 6.09 Å². The van der Waals surface area contributed by atoms with Gasteiger partial charge in [0.05, 0.1) is 18.5 Å². The quantitative estimate of drug-likeness (QED) is 0.786. The van der Waals surface area contributed by atoms with E-state index in [4.69, 9.17) is 4.74 Å². The highest BCUT2D eigenvalue weighted by molar-refractivity contribution is 5.92. The van der Waals surface area contributed by atoms with Crippen molar-refractivity contribution >= 4 is 17.7 Å². The second-order valence-electron chi connectivity index (χ2n) is 6.80. The topological polar surface area (TPSA) is 69.2 Å². The Labute approximate surface area is 160 Å². The molecule has 2 amide bonds. The van der Waals surface area contributed by atoms with Crippen molar-refractivity contribution in [2.24, 2.45) is 0 Å². The third kappa shape index (κ3) is 4.68. The minimum absolute atomic E-state index is 0.0825. The predicted molar refractivity (Wildman–Crippen MR) is 103 cm³/mol. The van der Waals surface area contributed by atoms with E-state index in [-0.39, 0.29) is 12.0 Å². The number of pyridine rings is 1. The van der Waals surface area contributed by atoms with E-state index >= 15 is 0 Å². The molecule has 8 nitrogen and oxygen atoms in total. The number of carbonyl (C=O) groups is 2. The first kappa shape index (κ1) is 19.4. The lowest BCUT2D eigenvalue weighted by atomic mass is 10.2. The van der Waals surface area contributed by atoms with E-state index in [9.17, 15) is 9.59 Å². The maximum absolute atomic E-state index is 12.7. The number of anilines is 1. The van der Waals surface area contributed by atoms with Crippen molar-refractivity contribution < 1.29 is 14.3 Å². The van der Waals surface area contributed by atoms with Crippen LogP contribution in [0.4, 0.5) is 10.5 Å². The zero-order valence-electron chi connectivity index (χ0n) is 16.3. The third-order valence-corrected chi connectivity index (χ3v) is 5.24. The molecule has 2 aliphatic heterocycles. The molecular formula is C19H29N5O3. The van der Waals surface area contributed by atoms with Crippen LogP contribution < -0.4 is 4.90 Å². The number of hydrogen-bond donors (Lipinski definition) is 0. The summed E-state index contributed by atoms with van der Waals surface area (Å²) in [4.78, 5) is 37.0. The normalized spacial score (nSPS) is 18.5. The SMILES string of the molecule is CCOC(=O)N1CCN(C(=O)c2ccc(N3CCN(CC)CC3)cn2)CC1. The number of nitrogens with zero attached hydrogens (tertiary/aromatic N) is 5. The molecule has 2 fully saturated rings. The van der Waals surface area contributed by atoms with E-state index in [1.807, 2.05) is 12.1 Å². The first-order valence-electron chi connectivity index (χ1n) is 9.76. The molecule has 0 aromatic carbocycles. The van der Waals surface area contributed by atoms with E-state index in [0.717, 1.165) is 38.4 Å². The van der Waals surface area contributed by atoms with E-state index in [1.165, 1.54) is 0 Å². The van der Waals surface area contributed by atoms with Crippen molar-refractivity contribution in [3.05, 3.63) is 24.0 Å². The van der Waals surface area contributed by atoms with Gasteiger partial charge in [-0.1, -0.05) is 6.92 Å². The van der Waals surface area contributed by atoms with Crippen molar-refractivity contribution in [1.29, 1.82) is 0 Å². The molecule has 0 unspecified atom stereocenters. The van der Waals surface area contributed by atoms with Gasteiger partial charge in [-0.05, 0) is 25.6 Å². The number of hydrogen-bond acceptors (Lipinski definition) is 6. The van der Waals surface area contributed by atoms with Crippen LogP contribution >= 0.6 is 0 Å². The molecule has 8 heteroatoms. The minimum Gasteiger partial charge on any atom is -0.450 e. The fourth-order valence-electron chi connectivity index (χ4n) is 3.49. The predicted octanol–water partition coefficient (Wildman–Crippen LogP) is 1.14. The molecule has 0 N–H and O–H groups in total. The maximum atomic E-state index is 12.7. The van der Waals surface area contributed by atoms with Crippen LogP contribution in [0.25, 0.3) is 0 Å². The molecule has 0 radical (unpaired) electrons. The largest absolute Gasteiger partial charge is 0.450 e. The van der Waals surface area contributed by atoms with Gasteiger partial charge in [0.2, 0.25) is 0 Å². The fourth-order valence-corrected chi connectivity index (χ4v) is 3.49. The summed E-state index contributed by atoms with van der Waals surface area (Å²) in [6.45, 7) is 11.5. The molecule has 3 heterocycles. The number of amides is 2. The van der Waals surface area contributed by atoms with Crippen molar-refractivity contribution in [3.8, 4) is 0 Å². The molecule has 27 heavy (non-hydrogen) atoms. The number of ether oxygens (including phenoxy) is 1. The van der Waals surface area contributed by atoms with Gasteiger partial charge in [0.15, 0.2) is 0 Å². The highest BCUT2D eigenvalue weighted by Crippen LogP contribution is 2.17. The van der Waals surface area contributed by atoms with Gasteiger partial charge in [-0.3, -0.25) is 4.79 Å². The smallest absolute Gasteiger partial charge is 0.409 e. The number of piperazine rings is 2. The number of rotatable bonds is 4. The lowest BCUT2D eigenvalue weighted by molar-refractivity contribution is 0.0566. The van der Waals surface area contributed by atoms with Crippen LogP contribution in [-0.4, -0.2) is 97.2 Å². The first-order chi connectivity index (χ1) is 13.1. The molecule has 0 aliphatic carbocycles. The Morgan fingerprint density at radius 2 is 1.63 bits per heavy atom. The van der Waals surface area contributed by atoms with Crippen molar-refractivity contribution in [2.45, 2.75) is 13.8 Å². The second-order valence-corrected chi connectivity index (χ2v) is 6.80. The molecule has 0 atom stereocenters. The van der Waals surface area contributed by atoms with Gasteiger partial charge in [0.25, 0.3) is 5.91 Å². The molecule has 2 saturated heterocycles. The van der Waals surface area contributed by atoms with E-state index < -0.39 is 0 Å². The van der Waals surface area contributed by atoms with Crippen LogP contribution in [0.5, 0.6) is 0 Å². The van der Waals surface area contributed by atoms with Crippen LogP contribution in [0, 0.1) is 0 Å². The summed E-state index contributed by atoms with van der Waals surface area (Å²) in [5.41, 5.74) is 1.52. The van der Waals surface area contributed by atoms with Gasteiger partial charge in [-0.25, -0.2) is 9.78 Å². The van der Waals surface area contributed by atoms with Crippen molar-refractivity contribution in [3.63, 3.8) is 0 Å². The second kappa shape index (κ2) is 9.03. The van der Waals surface area contributed by atoms with Gasteiger partial charge in [-0.15, -0.1) is 0 Å². The summed E-state index contributed by atoms with van der Waals surface area (Å²) in [7, 11) is 0. The standard InChI is InChI=1S/C19H29N5O3/c1-3-21-7-9-22(10-8-21)16-5-6-17(20-15-16)18(25)23-11-13-24(14-12-23)19(26)27-4-2/h5-6,15H,3-4,7-14H2,1-2H3. The summed E-state index contributed by atoms with van der Waals surface area (Å²) in [5.74, 6) is -0.0825.